The number of aromatic nitrogens is 2. The molecule has 0 radical (unpaired) electrons. The van der Waals surface area contributed by atoms with E-state index in [9.17, 15) is 9.59 Å². The van der Waals surface area contributed by atoms with E-state index in [1.165, 1.54) is 28.2 Å². The predicted molar refractivity (Wildman–Crippen MR) is 114 cm³/mol. The van der Waals surface area contributed by atoms with Crippen molar-refractivity contribution in [2.75, 3.05) is 0 Å². The van der Waals surface area contributed by atoms with E-state index in [4.69, 9.17) is 16.7 Å². The zero-order valence-electron chi connectivity index (χ0n) is 14.4. The van der Waals surface area contributed by atoms with Crippen molar-refractivity contribution in [3.8, 4) is 11.3 Å². The van der Waals surface area contributed by atoms with E-state index in [0.717, 1.165) is 15.1 Å². The number of nitrogens with zero attached hydrogens (tertiary/aromatic N) is 2. The van der Waals surface area contributed by atoms with E-state index >= 15 is 0 Å². The molecule has 140 valence electrons. The van der Waals surface area contributed by atoms with Crippen molar-refractivity contribution in [3.63, 3.8) is 0 Å². The van der Waals surface area contributed by atoms with Gasteiger partial charge in [0.2, 0.25) is 0 Å². The molecule has 0 amide bonds. The second-order valence-corrected chi connectivity index (χ2v) is 8.63. The first-order valence-electron chi connectivity index (χ1n) is 8.18. The van der Waals surface area contributed by atoms with Crippen molar-refractivity contribution in [2.24, 2.45) is 0 Å². The first kappa shape index (κ1) is 18.9. The maximum Gasteiger partial charge on any atom is 0.335 e. The molecule has 0 aliphatic carbocycles. The molecule has 0 spiro atoms. The summed E-state index contributed by atoms with van der Waals surface area (Å²) in [5.41, 5.74) is 2.59. The van der Waals surface area contributed by atoms with Crippen LogP contribution in [0.4, 0.5) is 0 Å². The molecule has 0 fully saturated rings. The van der Waals surface area contributed by atoms with E-state index in [0.29, 0.717) is 26.3 Å². The molecule has 0 saturated carbocycles. The number of thiophene rings is 1. The van der Waals surface area contributed by atoms with Gasteiger partial charge in [-0.3, -0.25) is 4.79 Å². The van der Waals surface area contributed by atoms with Gasteiger partial charge in [-0.1, -0.05) is 29.8 Å². The lowest BCUT2D eigenvalue weighted by atomic mass is 10.1. The summed E-state index contributed by atoms with van der Waals surface area (Å²) >= 11 is 11.2. The van der Waals surface area contributed by atoms with E-state index in [-0.39, 0.29) is 11.5 Å². The third kappa shape index (κ3) is 3.15. The summed E-state index contributed by atoms with van der Waals surface area (Å²) in [5, 5.41) is 14.0. The van der Waals surface area contributed by atoms with Gasteiger partial charge < -0.3 is 5.11 Å². The number of carboxylic acids is 1. The molecule has 0 unspecified atom stereocenters. The van der Waals surface area contributed by atoms with Crippen molar-refractivity contribution in [3.05, 3.63) is 74.0 Å². The summed E-state index contributed by atoms with van der Waals surface area (Å²) in [6, 6.07) is 13.5. The number of aryl methyl sites for hydroxylation is 1. The van der Waals surface area contributed by atoms with Crippen LogP contribution in [-0.4, -0.2) is 26.8 Å². The molecule has 0 bridgehead atoms. The van der Waals surface area contributed by atoms with Gasteiger partial charge in [0.25, 0.3) is 5.91 Å². The van der Waals surface area contributed by atoms with Crippen LogP contribution >= 0.6 is 38.9 Å². The van der Waals surface area contributed by atoms with E-state index in [1.807, 2.05) is 13.0 Å². The van der Waals surface area contributed by atoms with Crippen LogP contribution in [0, 0.1) is 6.92 Å². The Balaban J connectivity index is 1.89. The number of carbonyl (C=O) groups excluding carboxylic acids is 1. The number of benzene rings is 2. The minimum Gasteiger partial charge on any atom is -0.478 e. The lowest BCUT2D eigenvalue weighted by molar-refractivity contribution is 0.0696. The number of aromatic carboxylic acids is 1. The van der Waals surface area contributed by atoms with E-state index in [2.05, 4.69) is 21.0 Å². The molecule has 0 aliphatic heterocycles. The van der Waals surface area contributed by atoms with Gasteiger partial charge in [0.1, 0.15) is 5.69 Å². The largest absolute Gasteiger partial charge is 0.478 e. The van der Waals surface area contributed by atoms with Crippen molar-refractivity contribution < 1.29 is 14.7 Å². The molecule has 8 heteroatoms. The fourth-order valence-electron chi connectivity index (χ4n) is 2.95. The van der Waals surface area contributed by atoms with Crippen molar-refractivity contribution >= 4 is 61.0 Å². The Bertz CT molecular complexity index is 1220. The molecular formula is C20H12BrClN2O3S. The molecule has 5 nitrogen and oxygen atoms in total. The van der Waals surface area contributed by atoms with Gasteiger partial charge in [0.15, 0.2) is 0 Å². The fourth-order valence-corrected chi connectivity index (χ4v) is 4.85. The Hall–Kier alpha value is -2.48. The van der Waals surface area contributed by atoms with Gasteiger partial charge in [-0.15, -0.1) is 11.3 Å². The molecular weight excluding hydrogens is 464 g/mol. The number of halogens is 2. The third-order valence-corrected chi connectivity index (χ3v) is 6.28. The van der Waals surface area contributed by atoms with Gasteiger partial charge in [-0.05, 0) is 53.2 Å². The normalized spacial score (nSPS) is 11.1. The average molecular weight is 476 g/mol. The molecule has 4 aromatic rings. The van der Waals surface area contributed by atoms with Crippen molar-refractivity contribution in [2.45, 2.75) is 6.92 Å². The lowest BCUT2D eigenvalue weighted by Crippen LogP contribution is -2.14. The smallest absolute Gasteiger partial charge is 0.335 e. The lowest BCUT2D eigenvalue weighted by Gasteiger charge is -2.06. The quantitative estimate of drug-likeness (QED) is 0.402. The third-order valence-electron chi connectivity index (χ3n) is 4.25. The Morgan fingerprint density at radius 3 is 2.54 bits per heavy atom. The van der Waals surface area contributed by atoms with Crippen molar-refractivity contribution in [1.29, 1.82) is 0 Å². The summed E-state index contributed by atoms with van der Waals surface area (Å²) in [6.45, 7) is 1.96. The standard InChI is InChI=1S/C20H12BrClN2O3S/c1-10-9-15-18(28-10)17(11-5-7-12(8-6-11)20(26)27)23-24(15)19(25)16-13(21)3-2-4-14(16)22/h2-9H,1H3,(H,26,27). The number of carbonyl (C=O) groups is 2. The summed E-state index contributed by atoms with van der Waals surface area (Å²) in [5.74, 6) is -1.33. The minimum atomic E-state index is -0.993. The predicted octanol–water partition coefficient (Wildman–Crippen LogP) is 5.88. The molecule has 2 heterocycles. The Labute approximate surface area is 177 Å². The van der Waals surface area contributed by atoms with Crippen molar-refractivity contribution in [1.82, 2.24) is 9.78 Å². The Kier molecular flexibility index (Phi) is 4.82. The number of carboxylic acid groups (broad SMARTS) is 1. The molecule has 2 aromatic heterocycles. The molecule has 2 aromatic carbocycles. The highest BCUT2D eigenvalue weighted by Gasteiger charge is 2.23. The highest BCUT2D eigenvalue weighted by Crippen LogP contribution is 2.36. The van der Waals surface area contributed by atoms with Crippen LogP contribution in [0.25, 0.3) is 21.5 Å². The molecule has 1 N–H and O–H groups in total. The molecule has 0 saturated heterocycles. The monoisotopic (exact) mass is 474 g/mol. The Morgan fingerprint density at radius 1 is 1.18 bits per heavy atom. The Morgan fingerprint density at radius 2 is 1.89 bits per heavy atom. The summed E-state index contributed by atoms with van der Waals surface area (Å²) in [7, 11) is 0. The maximum atomic E-state index is 13.2. The van der Waals surface area contributed by atoms with Gasteiger partial charge >= 0.3 is 5.97 Å². The number of hydrogen-bond acceptors (Lipinski definition) is 4. The van der Waals surface area contributed by atoms with Gasteiger partial charge in [0.05, 0.1) is 26.4 Å². The highest BCUT2D eigenvalue weighted by molar-refractivity contribution is 9.10. The second kappa shape index (κ2) is 7.16. The summed E-state index contributed by atoms with van der Waals surface area (Å²) in [6.07, 6.45) is 0. The van der Waals surface area contributed by atoms with E-state index in [1.54, 1.807) is 30.3 Å². The zero-order chi connectivity index (χ0) is 20.0. The minimum absolute atomic E-state index is 0.192. The highest BCUT2D eigenvalue weighted by atomic mass is 79.9. The number of rotatable bonds is 3. The first-order valence-corrected chi connectivity index (χ1v) is 10.2. The van der Waals surface area contributed by atoms with E-state index < -0.39 is 5.97 Å². The summed E-state index contributed by atoms with van der Waals surface area (Å²) in [4.78, 5) is 25.3. The molecule has 4 rings (SSSR count). The average Bonchev–Trinajstić information content (AvgIpc) is 3.19. The van der Waals surface area contributed by atoms with Crippen LogP contribution in [0.3, 0.4) is 0 Å². The SMILES string of the molecule is Cc1cc2c(s1)c(-c1ccc(C(=O)O)cc1)nn2C(=O)c1c(Cl)cccc1Br. The van der Waals surface area contributed by atoms with Crippen LogP contribution < -0.4 is 0 Å². The van der Waals surface area contributed by atoms with Gasteiger partial charge in [-0.2, -0.15) is 9.78 Å². The second-order valence-electron chi connectivity index (χ2n) is 6.12. The van der Waals surface area contributed by atoms with Crippen LogP contribution in [-0.2, 0) is 0 Å². The molecule has 0 atom stereocenters. The van der Waals surface area contributed by atoms with Crippen LogP contribution in [0.15, 0.2) is 53.0 Å². The fraction of sp³-hybridized carbons (Fsp3) is 0.0500. The van der Waals surface area contributed by atoms with Crippen LogP contribution in [0.2, 0.25) is 5.02 Å². The van der Waals surface area contributed by atoms with Gasteiger partial charge in [0, 0.05) is 14.9 Å². The number of hydrogen-bond donors (Lipinski definition) is 1. The molecule has 28 heavy (non-hydrogen) atoms. The van der Waals surface area contributed by atoms with Crippen LogP contribution in [0.1, 0.15) is 25.6 Å². The van der Waals surface area contributed by atoms with Crippen LogP contribution in [0.5, 0.6) is 0 Å². The summed E-state index contributed by atoms with van der Waals surface area (Å²) < 4.78 is 2.80. The maximum absolute atomic E-state index is 13.2. The zero-order valence-corrected chi connectivity index (χ0v) is 17.6. The number of fused-ring (bicyclic) bond motifs is 1. The van der Waals surface area contributed by atoms with Gasteiger partial charge in [-0.25, -0.2) is 4.79 Å². The topological polar surface area (TPSA) is 72.2 Å². The molecule has 0 aliphatic rings. The first-order chi connectivity index (χ1) is 13.4.